The van der Waals surface area contributed by atoms with Crippen molar-refractivity contribution in [2.45, 2.75) is 12.6 Å². The minimum absolute atomic E-state index is 0.0501. The van der Waals surface area contributed by atoms with Gasteiger partial charge in [0.1, 0.15) is 0 Å². The highest BCUT2D eigenvalue weighted by Gasteiger charge is 2.23. The molecule has 1 saturated heterocycles. The van der Waals surface area contributed by atoms with Gasteiger partial charge in [-0.2, -0.15) is 0 Å². The van der Waals surface area contributed by atoms with Gasteiger partial charge in [0.25, 0.3) is 0 Å². The molecule has 1 atom stereocenters. The molecule has 1 aromatic heterocycles. The van der Waals surface area contributed by atoms with E-state index >= 15 is 0 Å². The number of ether oxygens (including phenoxy) is 1. The van der Waals surface area contributed by atoms with Crippen molar-refractivity contribution in [1.82, 2.24) is 9.88 Å². The summed E-state index contributed by atoms with van der Waals surface area (Å²) in [4.78, 5) is 6.55. The molecule has 0 radical (unpaired) electrons. The van der Waals surface area contributed by atoms with Crippen LogP contribution in [0.1, 0.15) is 17.2 Å². The summed E-state index contributed by atoms with van der Waals surface area (Å²) in [5.74, 6) is 0. The average molecular weight is 289 g/mol. The van der Waals surface area contributed by atoms with Crippen molar-refractivity contribution >= 4 is 11.6 Å². The van der Waals surface area contributed by atoms with E-state index < -0.39 is 0 Å². The summed E-state index contributed by atoms with van der Waals surface area (Å²) in [5, 5.41) is 0.778. The van der Waals surface area contributed by atoms with Crippen LogP contribution in [0.15, 0.2) is 48.8 Å². The Labute approximate surface area is 124 Å². The standard InChI is InChI=1S/C16H17ClN2O/c17-15-6-2-1-5-14(15)16-12-19(8-9-20-16)11-13-4-3-7-18-10-13/h1-7,10,16H,8-9,11-12H2/t16-/m0/s1. The van der Waals surface area contributed by atoms with E-state index in [1.54, 1.807) is 6.20 Å². The molecule has 0 N–H and O–H groups in total. The Morgan fingerprint density at radius 3 is 2.95 bits per heavy atom. The fourth-order valence-electron chi connectivity index (χ4n) is 2.52. The summed E-state index contributed by atoms with van der Waals surface area (Å²) in [5.41, 5.74) is 2.30. The minimum Gasteiger partial charge on any atom is -0.371 e. The highest BCUT2D eigenvalue weighted by atomic mass is 35.5. The van der Waals surface area contributed by atoms with E-state index in [4.69, 9.17) is 16.3 Å². The van der Waals surface area contributed by atoms with Crippen molar-refractivity contribution in [2.24, 2.45) is 0 Å². The first-order valence-electron chi connectivity index (χ1n) is 6.80. The van der Waals surface area contributed by atoms with Crippen molar-refractivity contribution in [1.29, 1.82) is 0 Å². The third kappa shape index (κ3) is 3.18. The molecule has 3 nitrogen and oxygen atoms in total. The van der Waals surface area contributed by atoms with E-state index in [0.29, 0.717) is 0 Å². The number of rotatable bonds is 3. The summed E-state index contributed by atoms with van der Waals surface area (Å²) < 4.78 is 5.87. The van der Waals surface area contributed by atoms with E-state index in [9.17, 15) is 0 Å². The van der Waals surface area contributed by atoms with E-state index in [2.05, 4.69) is 16.0 Å². The Morgan fingerprint density at radius 2 is 2.15 bits per heavy atom. The third-order valence-corrected chi connectivity index (χ3v) is 3.88. The van der Waals surface area contributed by atoms with E-state index in [1.807, 2.05) is 36.5 Å². The quantitative estimate of drug-likeness (QED) is 0.866. The molecule has 2 aromatic rings. The third-order valence-electron chi connectivity index (χ3n) is 3.53. The monoisotopic (exact) mass is 288 g/mol. The summed E-state index contributed by atoms with van der Waals surface area (Å²) in [6.45, 7) is 3.43. The first-order chi connectivity index (χ1) is 9.83. The summed E-state index contributed by atoms with van der Waals surface area (Å²) in [7, 11) is 0. The smallest absolute Gasteiger partial charge is 0.0966 e. The number of hydrogen-bond acceptors (Lipinski definition) is 3. The number of halogens is 1. The fraction of sp³-hybridized carbons (Fsp3) is 0.312. The van der Waals surface area contributed by atoms with Gasteiger partial charge in [0.2, 0.25) is 0 Å². The molecular formula is C16H17ClN2O. The molecule has 0 spiro atoms. The topological polar surface area (TPSA) is 25.4 Å². The SMILES string of the molecule is Clc1ccccc1[C@@H]1CN(Cc2cccnc2)CCO1. The number of nitrogens with zero attached hydrogens (tertiary/aromatic N) is 2. The molecule has 1 aliphatic heterocycles. The lowest BCUT2D eigenvalue weighted by atomic mass is 10.1. The molecule has 1 aliphatic rings. The molecule has 20 heavy (non-hydrogen) atoms. The van der Waals surface area contributed by atoms with Gasteiger partial charge < -0.3 is 4.74 Å². The Morgan fingerprint density at radius 1 is 1.25 bits per heavy atom. The maximum Gasteiger partial charge on any atom is 0.0966 e. The van der Waals surface area contributed by atoms with Crippen LogP contribution in [0.4, 0.5) is 0 Å². The largest absolute Gasteiger partial charge is 0.371 e. The lowest BCUT2D eigenvalue weighted by molar-refractivity contribution is -0.0329. The maximum atomic E-state index is 6.26. The summed E-state index contributed by atoms with van der Waals surface area (Å²) in [6.07, 6.45) is 3.77. The lowest BCUT2D eigenvalue weighted by Crippen LogP contribution is -2.37. The molecule has 0 saturated carbocycles. The molecule has 3 rings (SSSR count). The molecule has 1 aromatic carbocycles. The van der Waals surface area contributed by atoms with Crippen LogP contribution in [0.25, 0.3) is 0 Å². The molecule has 0 bridgehead atoms. The van der Waals surface area contributed by atoms with Crippen molar-refractivity contribution in [3.8, 4) is 0 Å². The number of aromatic nitrogens is 1. The zero-order valence-electron chi connectivity index (χ0n) is 11.2. The van der Waals surface area contributed by atoms with Crippen molar-refractivity contribution in [3.63, 3.8) is 0 Å². The zero-order chi connectivity index (χ0) is 13.8. The van der Waals surface area contributed by atoms with E-state index in [-0.39, 0.29) is 6.10 Å². The highest BCUT2D eigenvalue weighted by Crippen LogP contribution is 2.28. The van der Waals surface area contributed by atoms with Gasteiger partial charge in [-0.3, -0.25) is 9.88 Å². The summed E-state index contributed by atoms with van der Waals surface area (Å²) >= 11 is 6.26. The first-order valence-corrected chi connectivity index (χ1v) is 7.18. The number of morpholine rings is 1. The molecule has 104 valence electrons. The van der Waals surface area contributed by atoms with Gasteiger partial charge in [0, 0.05) is 42.6 Å². The van der Waals surface area contributed by atoms with Gasteiger partial charge in [-0.15, -0.1) is 0 Å². The Hall–Kier alpha value is -1.42. The van der Waals surface area contributed by atoms with Crippen molar-refractivity contribution in [2.75, 3.05) is 19.7 Å². The van der Waals surface area contributed by atoms with Gasteiger partial charge in [-0.05, 0) is 17.7 Å². The zero-order valence-corrected chi connectivity index (χ0v) is 12.0. The first kappa shape index (κ1) is 13.6. The molecule has 0 unspecified atom stereocenters. The predicted molar refractivity (Wildman–Crippen MR) is 79.7 cm³/mol. The second-order valence-electron chi connectivity index (χ2n) is 4.98. The van der Waals surface area contributed by atoms with E-state index in [0.717, 1.165) is 36.8 Å². The van der Waals surface area contributed by atoms with Crippen LogP contribution in [0.2, 0.25) is 5.02 Å². The van der Waals surface area contributed by atoms with Crippen LogP contribution in [-0.4, -0.2) is 29.6 Å². The van der Waals surface area contributed by atoms with Crippen LogP contribution in [0.5, 0.6) is 0 Å². The van der Waals surface area contributed by atoms with Crippen LogP contribution < -0.4 is 0 Å². The maximum absolute atomic E-state index is 6.26. The van der Waals surface area contributed by atoms with Crippen LogP contribution in [0, 0.1) is 0 Å². The number of pyridine rings is 1. The van der Waals surface area contributed by atoms with Gasteiger partial charge in [0.05, 0.1) is 12.7 Å². The van der Waals surface area contributed by atoms with Crippen LogP contribution >= 0.6 is 11.6 Å². The van der Waals surface area contributed by atoms with Crippen LogP contribution in [0.3, 0.4) is 0 Å². The normalized spacial score (nSPS) is 19.9. The Balaban J connectivity index is 1.69. The highest BCUT2D eigenvalue weighted by molar-refractivity contribution is 6.31. The lowest BCUT2D eigenvalue weighted by Gasteiger charge is -2.33. The molecule has 2 heterocycles. The van der Waals surface area contributed by atoms with Gasteiger partial charge in [0.15, 0.2) is 0 Å². The molecule has 1 fully saturated rings. The second-order valence-corrected chi connectivity index (χ2v) is 5.38. The van der Waals surface area contributed by atoms with Crippen molar-refractivity contribution < 1.29 is 4.74 Å². The van der Waals surface area contributed by atoms with E-state index in [1.165, 1.54) is 5.56 Å². The van der Waals surface area contributed by atoms with Crippen molar-refractivity contribution in [3.05, 3.63) is 64.9 Å². The average Bonchev–Trinajstić information content (AvgIpc) is 2.49. The van der Waals surface area contributed by atoms with Gasteiger partial charge >= 0.3 is 0 Å². The number of hydrogen-bond donors (Lipinski definition) is 0. The predicted octanol–water partition coefficient (Wildman–Crippen LogP) is 3.31. The fourth-order valence-corrected chi connectivity index (χ4v) is 2.78. The number of benzene rings is 1. The minimum atomic E-state index is 0.0501. The second kappa shape index (κ2) is 6.35. The molecule has 0 aliphatic carbocycles. The van der Waals surface area contributed by atoms with Gasteiger partial charge in [-0.1, -0.05) is 35.9 Å². The summed E-state index contributed by atoms with van der Waals surface area (Å²) in [6, 6.07) is 12.0. The molecular weight excluding hydrogens is 272 g/mol. The van der Waals surface area contributed by atoms with Crippen LogP contribution in [-0.2, 0) is 11.3 Å². The Kier molecular flexibility index (Phi) is 4.31. The molecule has 4 heteroatoms. The van der Waals surface area contributed by atoms with Gasteiger partial charge in [-0.25, -0.2) is 0 Å². The molecule has 0 amide bonds. The Bertz CT molecular complexity index is 561.